The molecule has 3 atom stereocenters. The van der Waals surface area contributed by atoms with E-state index in [1.165, 1.54) is 30.8 Å². The molecule has 2 aliphatic heterocycles. The van der Waals surface area contributed by atoms with Crippen molar-refractivity contribution in [2.45, 2.75) is 63.2 Å². The van der Waals surface area contributed by atoms with E-state index in [2.05, 4.69) is 24.1 Å². The molecule has 2 fully saturated rings. The normalized spacial score (nSPS) is 29.2. The number of rotatable bonds is 6. The highest BCUT2D eigenvalue weighted by atomic mass is 32.2. The Bertz CT molecular complexity index is 280. The van der Waals surface area contributed by atoms with Crippen LogP contribution in [0.1, 0.15) is 45.4 Å². The second kappa shape index (κ2) is 7.99. The molecule has 0 aromatic carbocycles. The fraction of sp³-hybridized carbons (Fsp3) is 1.00. The fourth-order valence-electron chi connectivity index (χ4n) is 3.49. The van der Waals surface area contributed by atoms with Crippen molar-refractivity contribution in [3.05, 3.63) is 0 Å². The maximum Gasteiger partial charge on any atom is 0.0701 e. The Morgan fingerprint density at radius 3 is 2.80 bits per heavy atom. The SMILES string of the molecule is COC(C)CCC(NN)C1CCOC2(CCSCC2)C1. The molecule has 0 bridgehead atoms. The number of nitrogens with two attached hydrogens (primary N) is 1. The van der Waals surface area contributed by atoms with Gasteiger partial charge in [0.2, 0.25) is 0 Å². The lowest BCUT2D eigenvalue weighted by atomic mass is 9.77. The predicted molar refractivity (Wildman–Crippen MR) is 84.8 cm³/mol. The van der Waals surface area contributed by atoms with Crippen LogP contribution in [-0.2, 0) is 9.47 Å². The van der Waals surface area contributed by atoms with Crippen LogP contribution in [0.15, 0.2) is 0 Å². The summed E-state index contributed by atoms with van der Waals surface area (Å²) in [6, 6.07) is 0.392. The van der Waals surface area contributed by atoms with E-state index in [0.717, 1.165) is 25.9 Å². The molecule has 0 aliphatic carbocycles. The van der Waals surface area contributed by atoms with Crippen molar-refractivity contribution in [1.82, 2.24) is 5.43 Å². The standard InChI is InChI=1S/C15H30N2O2S/c1-12(18-2)3-4-14(17-16)13-5-8-19-15(11-13)6-9-20-10-7-15/h12-14,17H,3-11,16H2,1-2H3. The van der Waals surface area contributed by atoms with Gasteiger partial charge in [-0.1, -0.05) is 0 Å². The molecule has 0 radical (unpaired) electrons. The topological polar surface area (TPSA) is 56.5 Å². The minimum Gasteiger partial charge on any atom is -0.382 e. The van der Waals surface area contributed by atoms with Crippen LogP contribution in [0.3, 0.4) is 0 Å². The average Bonchev–Trinajstić information content (AvgIpc) is 2.48. The molecule has 2 rings (SSSR count). The van der Waals surface area contributed by atoms with Gasteiger partial charge in [-0.15, -0.1) is 0 Å². The van der Waals surface area contributed by atoms with Crippen molar-refractivity contribution in [3.8, 4) is 0 Å². The summed E-state index contributed by atoms with van der Waals surface area (Å²) in [6.45, 7) is 3.02. The van der Waals surface area contributed by atoms with Crippen LogP contribution < -0.4 is 11.3 Å². The van der Waals surface area contributed by atoms with Gasteiger partial charge in [-0.3, -0.25) is 11.3 Å². The van der Waals surface area contributed by atoms with Crippen molar-refractivity contribution in [1.29, 1.82) is 0 Å². The van der Waals surface area contributed by atoms with Gasteiger partial charge in [-0.25, -0.2) is 0 Å². The van der Waals surface area contributed by atoms with Crippen LogP contribution in [0, 0.1) is 5.92 Å². The summed E-state index contributed by atoms with van der Waals surface area (Å²) in [7, 11) is 1.78. The van der Waals surface area contributed by atoms with Gasteiger partial charge in [0.05, 0.1) is 11.7 Å². The first kappa shape index (κ1) is 16.6. The summed E-state index contributed by atoms with van der Waals surface area (Å²) in [4.78, 5) is 0. The van der Waals surface area contributed by atoms with Crippen LogP contribution in [-0.4, -0.2) is 43.0 Å². The molecule has 0 amide bonds. The smallest absolute Gasteiger partial charge is 0.0701 e. The summed E-state index contributed by atoms with van der Waals surface area (Å²) >= 11 is 2.06. The zero-order valence-corrected chi connectivity index (χ0v) is 13.7. The van der Waals surface area contributed by atoms with Gasteiger partial charge >= 0.3 is 0 Å². The molecule has 2 aliphatic rings. The highest BCUT2D eigenvalue weighted by Gasteiger charge is 2.40. The molecule has 0 aromatic rings. The van der Waals surface area contributed by atoms with Gasteiger partial charge in [0.25, 0.3) is 0 Å². The third kappa shape index (κ3) is 4.34. The van der Waals surface area contributed by atoms with E-state index >= 15 is 0 Å². The molecule has 2 heterocycles. The highest BCUT2D eigenvalue weighted by Crippen LogP contribution is 2.41. The molecule has 1 spiro atoms. The maximum atomic E-state index is 6.17. The van der Waals surface area contributed by atoms with Crippen LogP contribution in [0.4, 0.5) is 0 Å². The predicted octanol–water partition coefficient (Wildman–Crippen LogP) is 2.33. The van der Waals surface area contributed by atoms with E-state index in [1.54, 1.807) is 7.11 Å². The van der Waals surface area contributed by atoms with Crippen LogP contribution in [0.25, 0.3) is 0 Å². The number of hydrazine groups is 1. The number of methoxy groups -OCH3 is 1. The Labute approximate surface area is 127 Å². The first-order chi connectivity index (χ1) is 9.69. The van der Waals surface area contributed by atoms with Crippen LogP contribution in [0.5, 0.6) is 0 Å². The summed E-state index contributed by atoms with van der Waals surface area (Å²) < 4.78 is 11.5. The lowest BCUT2D eigenvalue weighted by Gasteiger charge is -2.45. The highest BCUT2D eigenvalue weighted by molar-refractivity contribution is 7.99. The van der Waals surface area contributed by atoms with E-state index in [-0.39, 0.29) is 5.60 Å². The monoisotopic (exact) mass is 302 g/mol. The number of thioether (sulfide) groups is 1. The zero-order chi connectivity index (χ0) is 14.4. The fourth-order valence-corrected chi connectivity index (χ4v) is 4.72. The third-order valence-electron chi connectivity index (χ3n) is 5.00. The summed E-state index contributed by atoms with van der Waals surface area (Å²) in [5.74, 6) is 8.94. The van der Waals surface area contributed by atoms with Crippen molar-refractivity contribution in [2.75, 3.05) is 25.2 Å². The molecular formula is C15H30N2O2S. The second-order valence-corrected chi connectivity index (χ2v) is 7.52. The molecular weight excluding hydrogens is 272 g/mol. The molecule has 0 aromatic heterocycles. The van der Waals surface area contributed by atoms with Gasteiger partial charge in [-0.2, -0.15) is 11.8 Å². The maximum absolute atomic E-state index is 6.17. The van der Waals surface area contributed by atoms with Gasteiger partial charge in [-0.05, 0) is 62.9 Å². The first-order valence-corrected chi connectivity index (χ1v) is 9.05. The number of hydrogen-bond acceptors (Lipinski definition) is 5. The van der Waals surface area contributed by atoms with Gasteiger partial charge in [0, 0.05) is 19.8 Å². The van der Waals surface area contributed by atoms with Crippen molar-refractivity contribution in [3.63, 3.8) is 0 Å². The quantitative estimate of drug-likeness (QED) is 0.582. The van der Waals surface area contributed by atoms with Crippen LogP contribution >= 0.6 is 11.8 Å². The Balaban J connectivity index is 1.88. The van der Waals surface area contributed by atoms with E-state index in [4.69, 9.17) is 15.3 Å². The Kier molecular flexibility index (Phi) is 6.62. The summed E-state index contributed by atoms with van der Waals surface area (Å²) in [6.07, 6.45) is 7.17. The van der Waals surface area contributed by atoms with Gasteiger partial charge in [0.1, 0.15) is 0 Å². The molecule has 20 heavy (non-hydrogen) atoms. The first-order valence-electron chi connectivity index (χ1n) is 7.90. The summed E-state index contributed by atoms with van der Waals surface area (Å²) in [5, 5.41) is 0. The van der Waals surface area contributed by atoms with Gasteiger partial charge in [0.15, 0.2) is 0 Å². The van der Waals surface area contributed by atoms with E-state index < -0.39 is 0 Å². The lowest BCUT2D eigenvalue weighted by Crippen LogP contribution is -2.50. The molecule has 0 saturated carbocycles. The number of hydrogen-bond donors (Lipinski definition) is 2. The van der Waals surface area contributed by atoms with Crippen molar-refractivity contribution < 1.29 is 9.47 Å². The van der Waals surface area contributed by atoms with E-state index in [9.17, 15) is 0 Å². The zero-order valence-electron chi connectivity index (χ0n) is 12.9. The number of nitrogens with one attached hydrogen (secondary N) is 1. The Morgan fingerprint density at radius 2 is 2.15 bits per heavy atom. The lowest BCUT2D eigenvalue weighted by molar-refractivity contribution is -0.108. The van der Waals surface area contributed by atoms with Crippen LogP contribution in [0.2, 0.25) is 0 Å². The van der Waals surface area contributed by atoms with Crippen molar-refractivity contribution in [2.24, 2.45) is 11.8 Å². The Hall–Kier alpha value is 0.190. The molecule has 4 nitrogen and oxygen atoms in total. The number of ether oxygens (including phenoxy) is 2. The largest absolute Gasteiger partial charge is 0.382 e. The summed E-state index contributed by atoms with van der Waals surface area (Å²) in [5.41, 5.74) is 3.21. The van der Waals surface area contributed by atoms with E-state index in [0.29, 0.717) is 18.1 Å². The minimum atomic E-state index is 0.149. The average molecular weight is 302 g/mol. The molecule has 3 N–H and O–H groups in total. The Morgan fingerprint density at radius 1 is 1.40 bits per heavy atom. The second-order valence-electron chi connectivity index (χ2n) is 6.29. The molecule has 5 heteroatoms. The van der Waals surface area contributed by atoms with Crippen molar-refractivity contribution >= 4 is 11.8 Å². The van der Waals surface area contributed by atoms with Gasteiger partial charge < -0.3 is 9.47 Å². The molecule has 118 valence electrons. The minimum absolute atomic E-state index is 0.149. The third-order valence-corrected chi connectivity index (χ3v) is 5.99. The molecule has 2 saturated heterocycles. The molecule has 3 unspecified atom stereocenters. The van der Waals surface area contributed by atoms with E-state index in [1.807, 2.05) is 0 Å².